The molecule has 1 saturated heterocycles. The van der Waals surface area contributed by atoms with Gasteiger partial charge in [-0.2, -0.15) is 0 Å². The third-order valence-electron chi connectivity index (χ3n) is 7.14. The second-order valence-corrected chi connectivity index (χ2v) is 8.31. The van der Waals surface area contributed by atoms with Gasteiger partial charge in [-0.1, -0.05) is 48.9 Å². The molecule has 0 bridgehead atoms. The van der Waals surface area contributed by atoms with Crippen molar-refractivity contribution in [1.82, 2.24) is 4.90 Å². The number of carbonyl (C=O) groups is 1. The van der Waals surface area contributed by atoms with E-state index in [4.69, 9.17) is 0 Å². The average molecular weight is 307 g/mol. The molecule has 4 atom stereocenters. The van der Waals surface area contributed by atoms with E-state index in [2.05, 4.69) is 42.2 Å². The summed E-state index contributed by atoms with van der Waals surface area (Å²) < 4.78 is 0. The summed E-state index contributed by atoms with van der Waals surface area (Å²) in [5, 5.41) is 0. The van der Waals surface area contributed by atoms with E-state index < -0.39 is 0 Å². The van der Waals surface area contributed by atoms with Crippen molar-refractivity contribution in [3.05, 3.63) is 47.5 Å². The molecule has 4 aliphatic rings. The summed E-state index contributed by atoms with van der Waals surface area (Å²) in [5.74, 6) is 2.24. The van der Waals surface area contributed by atoms with Gasteiger partial charge in [0.25, 0.3) is 0 Å². The van der Waals surface area contributed by atoms with Crippen molar-refractivity contribution in [3.63, 3.8) is 0 Å². The molecule has 0 aromatic heterocycles. The third kappa shape index (κ3) is 1.90. The maximum Gasteiger partial charge on any atom is 0.227 e. The van der Waals surface area contributed by atoms with E-state index in [0.717, 1.165) is 24.8 Å². The van der Waals surface area contributed by atoms with Gasteiger partial charge in [0.1, 0.15) is 0 Å². The first-order valence-electron chi connectivity index (χ1n) is 9.23. The van der Waals surface area contributed by atoms with Gasteiger partial charge in [-0.15, -0.1) is 0 Å². The standard InChI is InChI=1S/C21H25NO/c1-21-17-9-10-18(21)20(23)22(13-14-5-3-2-4-6-14)19(21)12-16(11-17)15-7-8-15/h2-6,12,15,17-19H,7-11,13H2,1H3/t17-,18+,19-,21+/m0/s1. The summed E-state index contributed by atoms with van der Waals surface area (Å²) in [4.78, 5) is 15.3. The van der Waals surface area contributed by atoms with Crippen molar-refractivity contribution in [2.75, 3.05) is 0 Å². The summed E-state index contributed by atoms with van der Waals surface area (Å²) in [7, 11) is 0. The average Bonchev–Trinajstić information content (AvgIpc) is 3.32. The Morgan fingerprint density at radius 3 is 2.65 bits per heavy atom. The second kappa shape index (κ2) is 4.72. The van der Waals surface area contributed by atoms with E-state index in [0.29, 0.717) is 11.9 Å². The van der Waals surface area contributed by atoms with Crippen LogP contribution in [0.1, 0.15) is 44.6 Å². The molecule has 120 valence electrons. The van der Waals surface area contributed by atoms with E-state index in [1.807, 2.05) is 6.07 Å². The smallest absolute Gasteiger partial charge is 0.227 e. The first kappa shape index (κ1) is 13.8. The maximum atomic E-state index is 13.1. The van der Waals surface area contributed by atoms with Crippen molar-refractivity contribution in [3.8, 4) is 0 Å². The van der Waals surface area contributed by atoms with Crippen molar-refractivity contribution >= 4 is 5.91 Å². The van der Waals surface area contributed by atoms with Crippen LogP contribution in [0.25, 0.3) is 0 Å². The van der Waals surface area contributed by atoms with Crippen LogP contribution in [-0.2, 0) is 11.3 Å². The number of hydrogen-bond donors (Lipinski definition) is 0. The molecule has 0 radical (unpaired) electrons. The summed E-state index contributed by atoms with van der Waals surface area (Å²) in [6.45, 7) is 3.18. The van der Waals surface area contributed by atoms with Gasteiger partial charge in [-0.3, -0.25) is 4.79 Å². The van der Waals surface area contributed by atoms with E-state index in [9.17, 15) is 4.79 Å². The highest BCUT2D eigenvalue weighted by Crippen LogP contribution is 2.62. The van der Waals surface area contributed by atoms with Gasteiger partial charge in [0.05, 0.1) is 6.04 Å². The number of benzene rings is 1. The molecule has 1 aromatic rings. The zero-order valence-corrected chi connectivity index (χ0v) is 13.9. The largest absolute Gasteiger partial charge is 0.331 e. The number of allylic oxidation sites excluding steroid dienone is 1. The SMILES string of the molecule is C[C@@]12[C@H]3CC[C@@H]1C(=O)N(Cc1ccccc1)[C@H]2C=C(C1CC1)C3. The Kier molecular flexibility index (Phi) is 2.84. The molecule has 2 saturated carbocycles. The van der Waals surface area contributed by atoms with Gasteiger partial charge in [0.2, 0.25) is 5.91 Å². The second-order valence-electron chi connectivity index (χ2n) is 8.31. The Morgan fingerprint density at radius 2 is 1.91 bits per heavy atom. The van der Waals surface area contributed by atoms with Crippen LogP contribution in [0, 0.1) is 23.2 Å². The number of rotatable bonds is 3. The highest BCUT2D eigenvalue weighted by molar-refractivity contribution is 5.84. The minimum absolute atomic E-state index is 0.185. The number of carbonyl (C=O) groups excluding carboxylic acids is 1. The number of likely N-dealkylation sites (tertiary alicyclic amines) is 1. The van der Waals surface area contributed by atoms with Crippen molar-refractivity contribution in [2.24, 2.45) is 23.2 Å². The van der Waals surface area contributed by atoms with Gasteiger partial charge in [0.15, 0.2) is 0 Å². The van der Waals surface area contributed by atoms with Crippen LogP contribution in [0.2, 0.25) is 0 Å². The lowest BCUT2D eigenvalue weighted by Crippen LogP contribution is -2.43. The third-order valence-corrected chi connectivity index (χ3v) is 7.14. The molecule has 1 amide bonds. The Labute approximate surface area is 138 Å². The molecule has 1 aromatic carbocycles. The summed E-state index contributed by atoms with van der Waals surface area (Å²) in [6, 6.07) is 10.8. The molecule has 0 unspecified atom stereocenters. The normalized spacial score (nSPS) is 38.7. The van der Waals surface area contributed by atoms with Crippen LogP contribution in [0.15, 0.2) is 42.0 Å². The van der Waals surface area contributed by atoms with Crippen molar-refractivity contribution < 1.29 is 4.79 Å². The summed E-state index contributed by atoms with van der Waals surface area (Å²) in [5.41, 5.74) is 3.11. The monoisotopic (exact) mass is 307 g/mol. The quantitative estimate of drug-likeness (QED) is 0.768. The Morgan fingerprint density at radius 1 is 1.13 bits per heavy atom. The van der Waals surface area contributed by atoms with Gasteiger partial charge >= 0.3 is 0 Å². The highest BCUT2D eigenvalue weighted by Gasteiger charge is 2.63. The van der Waals surface area contributed by atoms with Crippen molar-refractivity contribution in [1.29, 1.82) is 0 Å². The van der Waals surface area contributed by atoms with Crippen LogP contribution in [0.4, 0.5) is 0 Å². The molecule has 2 heteroatoms. The lowest BCUT2D eigenvalue weighted by molar-refractivity contribution is -0.132. The first-order valence-corrected chi connectivity index (χ1v) is 9.23. The molecular weight excluding hydrogens is 282 g/mol. The fourth-order valence-corrected chi connectivity index (χ4v) is 5.64. The molecule has 23 heavy (non-hydrogen) atoms. The summed E-state index contributed by atoms with van der Waals surface area (Å²) in [6.07, 6.45) is 8.89. The maximum absolute atomic E-state index is 13.1. The first-order chi connectivity index (χ1) is 11.2. The zero-order chi connectivity index (χ0) is 15.6. The van der Waals surface area contributed by atoms with Crippen LogP contribution in [-0.4, -0.2) is 16.8 Å². The Bertz CT molecular complexity index is 674. The molecular formula is C21H25NO. The number of nitrogens with zero attached hydrogens (tertiary/aromatic N) is 1. The van der Waals surface area contributed by atoms with E-state index >= 15 is 0 Å². The predicted molar refractivity (Wildman–Crippen MR) is 90.5 cm³/mol. The van der Waals surface area contributed by atoms with E-state index in [1.54, 1.807) is 5.57 Å². The van der Waals surface area contributed by atoms with E-state index in [1.165, 1.54) is 31.2 Å². The Hall–Kier alpha value is -1.57. The van der Waals surface area contributed by atoms with Gasteiger partial charge in [0, 0.05) is 17.9 Å². The molecule has 1 heterocycles. The van der Waals surface area contributed by atoms with E-state index in [-0.39, 0.29) is 11.3 Å². The summed E-state index contributed by atoms with van der Waals surface area (Å²) >= 11 is 0. The fraction of sp³-hybridized carbons (Fsp3) is 0.571. The molecule has 1 aliphatic heterocycles. The van der Waals surface area contributed by atoms with Crippen LogP contribution in [0.3, 0.4) is 0 Å². The molecule has 3 fully saturated rings. The minimum atomic E-state index is 0.185. The minimum Gasteiger partial charge on any atom is -0.331 e. The zero-order valence-electron chi connectivity index (χ0n) is 13.9. The van der Waals surface area contributed by atoms with Crippen molar-refractivity contribution in [2.45, 2.75) is 51.6 Å². The molecule has 0 N–H and O–H groups in total. The fourth-order valence-electron chi connectivity index (χ4n) is 5.64. The molecule has 2 nitrogen and oxygen atoms in total. The molecule has 5 rings (SSSR count). The van der Waals surface area contributed by atoms with Gasteiger partial charge in [-0.05, 0) is 49.5 Å². The number of amides is 1. The predicted octanol–water partition coefficient (Wildman–Crippen LogP) is 4.17. The van der Waals surface area contributed by atoms with Gasteiger partial charge in [-0.25, -0.2) is 0 Å². The molecule has 3 aliphatic carbocycles. The highest BCUT2D eigenvalue weighted by atomic mass is 16.2. The topological polar surface area (TPSA) is 20.3 Å². The van der Waals surface area contributed by atoms with Crippen LogP contribution < -0.4 is 0 Å². The van der Waals surface area contributed by atoms with Crippen LogP contribution in [0.5, 0.6) is 0 Å². The number of hydrogen-bond acceptors (Lipinski definition) is 1. The molecule has 0 spiro atoms. The Balaban J connectivity index is 1.54. The van der Waals surface area contributed by atoms with Crippen LogP contribution >= 0.6 is 0 Å². The van der Waals surface area contributed by atoms with Gasteiger partial charge < -0.3 is 4.90 Å². The lowest BCUT2D eigenvalue weighted by atomic mass is 9.65. The lowest BCUT2D eigenvalue weighted by Gasteiger charge is -2.42.